The molecular weight excluding hydrogens is 178 g/mol. The van der Waals surface area contributed by atoms with E-state index in [0.717, 1.165) is 0 Å². The van der Waals surface area contributed by atoms with Gasteiger partial charge in [0.25, 0.3) is 0 Å². The average Bonchev–Trinajstić information content (AvgIpc) is 2.17. The summed E-state index contributed by atoms with van der Waals surface area (Å²) in [6.07, 6.45) is 1.06. The summed E-state index contributed by atoms with van der Waals surface area (Å²) >= 11 is 0. The first kappa shape index (κ1) is 15.3. The van der Waals surface area contributed by atoms with Crippen LogP contribution in [0.4, 0.5) is 8.78 Å². The van der Waals surface area contributed by atoms with Crippen LogP contribution in [0.1, 0.15) is 19.8 Å². The zero-order chi connectivity index (χ0) is 10.4. The van der Waals surface area contributed by atoms with E-state index in [2.05, 4.69) is 4.74 Å². The van der Waals surface area contributed by atoms with Crippen molar-refractivity contribution in [1.29, 1.82) is 0 Å². The van der Waals surface area contributed by atoms with E-state index in [0.29, 0.717) is 32.7 Å². The second kappa shape index (κ2) is 17.8. The molecule has 4 heteroatoms. The first-order chi connectivity index (χ1) is 6.33. The molecule has 0 saturated heterocycles. The third-order valence-electron chi connectivity index (χ3n) is 1.11. The third-order valence-corrected chi connectivity index (χ3v) is 1.11. The molecule has 0 bridgehead atoms. The summed E-state index contributed by atoms with van der Waals surface area (Å²) < 4.78 is 31.7. The number of hydrogen-bond acceptors (Lipinski definition) is 2. The number of halogens is 2. The Kier molecular flexibility index (Phi) is 20.8. The second-order valence-corrected chi connectivity index (χ2v) is 2.27. The van der Waals surface area contributed by atoms with Gasteiger partial charge in [-0.05, 0) is 19.8 Å². The highest BCUT2D eigenvalue weighted by Gasteiger charge is 1.81. The highest BCUT2D eigenvalue weighted by Crippen LogP contribution is 1.81. The number of hydrogen-bond donors (Lipinski definition) is 0. The van der Waals surface area contributed by atoms with Crippen LogP contribution in [-0.4, -0.2) is 40.3 Å². The molecule has 0 aliphatic rings. The van der Waals surface area contributed by atoms with Crippen molar-refractivity contribution in [3.05, 3.63) is 0 Å². The summed E-state index contributed by atoms with van der Waals surface area (Å²) in [7, 11) is 1.57. The monoisotopic (exact) mass is 198 g/mol. The van der Waals surface area contributed by atoms with Crippen LogP contribution in [0.5, 0.6) is 0 Å². The number of methoxy groups -OCH3 is 1. The van der Waals surface area contributed by atoms with Crippen molar-refractivity contribution in [3.8, 4) is 0 Å². The molecule has 0 N–H and O–H groups in total. The summed E-state index contributed by atoms with van der Waals surface area (Å²) in [4.78, 5) is 0. The van der Waals surface area contributed by atoms with Crippen LogP contribution < -0.4 is 0 Å². The molecule has 0 unspecified atom stereocenters. The lowest BCUT2D eigenvalue weighted by molar-refractivity contribution is 0.139. The van der Waals surface area contributed by atoms with Gasteiger partial charge in [-0.2, -0.15) is 0 Å². The van der Waals surface area contributed by atoms with Gasteiger partial charge in [0.2, 0.25) is 0 Å². The van der Waals surface area contributed by atoms with Crippen LogP contribution in [0.25, 0.3) is 0 Å². The van der Waals surface area contributed by atoms with E-state index in [1.807, 2.05) is 6.92 Å². The van der Waals surface area contributed by atoms with Crippen LogP contribution in [0, 0.1) is 0 Å². The van der Waals surface area contributed by atoms with Crippen LogP contribution in [0.2, 0.25) is 0 Å². The highest BCUT2D eigenvalue weighted by molar-refractivity contribution is 4.28. The molecule has 0 fully saturated rings. The summed E-state index contributed by atoms with van der Waals surface area (Å²) in [5, 5.41) is 0. The summed E-state index contributed by atoms with van der Waals surface area (Å²) in [6, 6.07) is 0. The molecule has 0 aliphatic carbocycles. The summed E-state index contributed by atoms with van der Waals surface area (Å²) in [5.74, 6) is 0. The number of rotatable bonds is 7. The Labute approximate surface area is 79.2 Å². The maximum Gasteiger partial charge on any atom is 0.0916 e. The molecule has 0 heterocycles. The van der Waals surface area contributed by atoms with E-state index in [9.17, 15) is 8.78 Å². The minimum absolute atomic E-state index is 0.264. The molecule has 0 aromatic rings. The zero-order valence-corrected chi connectivity index (χ0v) is 8.52. The average molecular weight is 198 g/mol. The first-order valence-electron chi connectivity index (χ1n) is 4.52. The van der Waals surface area contributed by atoms with Crippen molar-refractivity contribution >= 4 is 0 Å². The first-order valence-corrected chi connectivity index (χ1v) is 4.52. The third kappa shape index (κ3) is 24.5. The maximum atomic E-state index is 11.2. The topological polar surface area (TPSA) is 18.5 Å². The fourth-order valence-electron chi connectivity index (χ4n) is 0.500. The summed E-state index contributed by atoms with van der Waals surface area (Å²) in [6.45, 7) is 3.16. The van der Waals surface area contributed by atoms with Gasteiger partial charge in [-0.25, -0.2) is 0 Å². The normalized spacial score (nSPS) is 9.23. The Hall–Kier alpha value is -0.220. The van der Waals surface area contributed by atoms with Gasteiger partial charge in [-0.1, -0.05) is 0 Å². The molecule has 0 aromatic carbocycles. The van der Waals surface area contributed by atoms with Gasteiger partial charge < -0.3 is 9.47 Å². The fourth-order valence-corrected chi connectivity index (χ4v) is 0.500. The quantitative estimate of drug-likeness (QED) is 0.585. The SMILES string of the molecule is CCOCCCF.COCCCF. The number of ether oxygens (including phenoxy) is 2. The minimum atomic E-state index is -0.270. The van der Waals surface area contributed by atoms with Gasteiger partial charge in [0.05, 0.1) is 13.3 Å². The lowest BCUT2D eigenvalue weighted by Gasteiger charge is -1.93. The lowest BCUT2D eigenvalue weighted by atomic mass is 10.5. The Morgan fingerprint density at radius 2 is 1.54 bits per heavy atom. The van der Waals surface area contributed by atoms with Crippen molar-refractivity contribution in [2.24, 2.45) is 0 Å². The van der Waals surface area contributed by atoms with E-state index < -0.39 is 0 Å². The smallest absolute Gasteiger partial charge is 0.0916 e. The van der Waals surface area contributed by atoms with Crippen molar-refractivity contribution in [3.63, 3.8) is 0 Å². The molecule has 0 aliphatic heterocycles. The van der Waals surface area contributed by atoms with E-state index >= 15 is 0 Å². The molecule has 0 spiro atoms. The van der Waals surface area contributed by atoms with E-state index in [1.54, 1.807) is 7.11 Å². The summed E-state index contributed by atoms with van der Waals surface area (Å²) in [5.41, 5.74) is 0. The molecule has 2 nitrogen and oxygen atoms in total. The molecular formula is C9H20F2O2. The van der Waals surface area contributed by atoms with Crippen molar-refractivity contribution < 1.29 is 18.3 Å². The Balaban J connectivity index is 0. The largest absolute Gasteiger partial charge is 0.385 e. The van der Waals surface area contributed by atoms with Crippen LogP contribution >= 0.6 is 0 Å². The van der Waals surface area contributed by atoms with E-state index in [-0.39, 0.29) is 13.3 Å². The molecule has 82 valence electrons. The van der Waals surface area contributed by atoms with Crippen LogP contribution in [-0.2, 0) is 9.47 Å². The Bertz CT molecular complexity index is 64.6. The van der Waals surface area contributed by atoms with Crippen molar-refractivity contribution in [1.82, 2.24) is 0 Å². The van der Waals surface area contributed by atoms with Gasteiger partial charge in [0.1, 0.15) is 0 Å². The highest BCUT2D eigenvalue weighted by atomic mass is 19.1. The molecule has 13 heavy (non-hydrogen) atoms. The molecule has 0 radical (unpaired) electrons. The van der Waals surface area contributed by atoms with E-state index in [4.69, 9.17) is 4.74 Å². The Morgan fingerprint density at radius 1 is 1.00 bits per heavy atom. The van der Waals surface area contributed by atoms with Crippen molar-refractivity contribution in [2.75, 3.05) is 40.3 Å². The van der Waals surface area contributed by atoms with Crippen LogP contribution in [0.3, 0.4) is 0 Å². The molecule has 0 amide bonds. The fraction of sp³-hybridized carbons (Fsp3) is 1.00. The standard InChI is InChI=1S/C5H11FO.C4H9FO/c1-2-7-5-3-4-6;1-6-4-2-3-5/h2-5H2,1H3;2-4H2,1H3. The lowest BCUT2D eigenvalue weighted by Crippen LogP contribution is -1.92. The predicted molar refractivity (Wildman–Crippen MR) is 49.6 cm³/mol. The Morgan fingerprint density at radius 3 is 1.85 bits per heavy atom. The van der Waals surface area contributed by atoms with Gasteiger partial charge in [0, 0.05) is 26.9 Å². The van der Waals surface area contributed by atoms with E-state index in [1.165, 1.54) is 0 Å². The molecule has 0 atom stereocenters. The van der Waals surface area contributed by atoms with Gasteiger partial charge in [0.15, 0.2) is 0 Å². The minimum Gasteiger partial charge on any atom is -0.385 e. The zero-order valence-electron chi connectivity index (χ0n) is 8.52. The molecule has 0 aromatic heterocycles. The van der Waals surface area contributed by atoms with Gasteiger partial charge in [-0.3, -0.25) is 8.78 Å². The predicted octanol–water partition coefficient (Wildman–Crippen LogP) is 2.37. The maximum absolute atomic E-state index is 11.2. The van der Waals surface area contributed by atoms with Gasteiger partial charge >= 0.3 is 0 Å². The van der Waals surface area contributed by atoms with Crippen molar-refractivity contribution in [2.45, 2.75) is 19.8 Å². The molecule has 0 rings (SSSR count). The number of alkyl halides is 2. The molecule has 0 saturated carbocycles. The van der Waals surface area contributed by atoms with Gasteiger partial charge in [-0.15, -0.1) is 0 Å². The second-order valence-electron chi connectivity index (χ2n) is 2.27. The van der Waals surface area contributed by atoms with Crippen LogP contribution in [0.15, 0.2) is 0 Å².